The zero-order chi connectivity index (χ0) is 15.0. The summed E-state index contributed by atoms with van der Waals surface area (Å²) >= 11 is 0. The van der Waals surface area contributed by atoms with Crippen LogP contribution in [0.5, 0.6) is 0 Å². The minimum absolute atomic E-state index is 0. The fraction of sp³-hybridized carbons (Fsp3) is 1.00. The van der Waals surface area contributed by atoms with Crippen LogP contribution in [0.3, 0.4) is 0 Å². The summed E-state index contributed by atoms with van der Waals surface area (Å²) in [6.07, 6.45) is 0.851. The largest absolute Gasteiger partial charge is 0.412 e. The number of unbranched alkanes of at least 4 members (excludes halogenated alkanes) is 5. The van der Waals surface area contributed by atoms with Crippen molar-refractivity contribution in [2.45, 2.75) is 76.2 Å². The third-order valence-corrected chi connectivity index (χ3v) is 3.63. The maximum absolute atomic E-state index is 9.75. The quantitative estimate of drug-likeness (QED) is 0.418. The van der Waals surface area contributed by atoms with Crippen molar-refractivity contribution in [1.29, 1.82) is 0 Å². The normalized spacial score (nSPS) is 32.7. The van der Waals surface area contributed by atoms with E-state index in [1.165, 1.54) is 19.3 Å². The Morgan fingerprint density at radius 3 is 2.14 bits per heavy atom. The van der Waals surface area contributed by atoms with Gasteiger partial charge in [0.25, 0.3) is 0 Å². The minimum atomic E-state index is -1.37. The molecular formula is C14H30O7. The van der Waals surface area contributed by atoms with E-state index in [-0.39, 0.29) is 5.48 Å². The van der Waals surface area contributed by atoms with Gasteiger partial charge in [-0.05, 0) is 6.42 Å². The van der Waals surface area contributed by atoms with Gasteiger partial charge in [-0.15, -0.1) is 0 Å². The van der Waals surface area contributed by atoms with Crippen molar-refractivity contribution in [2.24, 2.45) is 0 Å². The van der Waals surface area contributed by atoms with E-state index in [9.17, 15) is 15.3 Å². The van der Waals surface area contributed by atoms with Gasteiger partial charge < -0.3 is 35.4 Å². The van der Waals surface area contributed by atoms with Gasteiger partial charge in [-0.3, -0.25) is 0 Å². The standard InChI is InChI=1S/C14H28O6.H2O/c1-2-3-4-5-6-7-8-19-14-13(18)12(17)11(16)10(9-15)20-14;/h10-18H,2-9H2,1H3;1H2. The third-order valence-electron chi connectivity index (χ3n) is 3.63. The van der Waals surface area contributed by atoms with Gasteiger partial charge in [-0.2, -0.15) is 0 Å². The summed E-state index contributed by atoms with van der Waals surface area (Å²) in [6, 6.07) is 0. The molecule has 7 nitrogen and oxygen atoms in total. The molecule has 1 rings (SSSR count). The lowest BCUT2D eigenvalue weighted by atomic mass is 9.99. The van der Waals surface area contributed by atoms with E-state index in [0.717, 1.165) is 19.3 Å². The van der Waals surface area contributed by atoms with Crippen LogP contribution in [0.2, 0.25) is 0 Å². The Labute approximate surface area is 125 Å². The second kappa shape index (κ2) is 11.3. The third kappa shape index (κ3) is 6.56. The van der Waals surface area contributed by atoms with Gasteiger partial charge in [0.2, 0.25) is 0 Å². The van der Waals surface area contributed by atoms with Crippen molar-refractivity contribution in [2.75, 3.05) is 13.2 Å². The SMILES string of the molecule is CCCCCCCCOC1OC(CO)C(O)C(O)C1O.O. The molecule has 0 saturated carbocycles. The summed E-state index contributed by atoms with van der Waals surface area (Å²) in [5, 5.41) is 38.0. The number of aliphatic hydroxyl groups excluding tert-OH is 4. The fourth-order valence-corrected chi connectivity index (χ4v) is 2.29. The first kappa shape index (κ1) is 20.7. The highest BCUT2D eigenvalue weighted by atomic mass is 16.7. The van der Waals surface area contributed by atoms with Crippen LogP contribution in [0.25, 0.3) is 0 Å². The van der Waals surface area contributed by atoms with Crippen molar-refractivity contribution >= 4 is 0 Å². The van der Waals surface area contributed by atoms with Gasteiger partial charge in [0.05, 0.1) is 6.61 Å². The van der Waals surface area contributed by atoms with E-state index in [1.807, 2.05) is 0 Å². The Balaban J connectivity index is 0.00000400. The Kier molecular flexibility index (Phi) is 11.2. The topological polar surface area (TPSA) is 131 Å². The molecule has 1 fully saturated rings. The van der Waals surface area contributed by atoms with Crippen molar-refractivity contribution in [3.63, 3.8) is 0 Å². The smallest absolute Gasteiger partial charge is 0.186 e. The van der Waals surface area contributed by atoms with Gasteiger partial charge >= 0.3 is 0 Å². The number of ether oxygens (including phenoxy) is 2. The molecule has 0 aromatic rings. The molecule has 0 aliphatic carbocycles. The van der Waals surface area contributed by atoms with Gasteiger partial charge in [-0.25, -0.2) is 0 Å². The zero-order valence-corrected chi connectivity index (χ0v) is 12.6. The Hall–Kier alpha value is -0.280. The second-order valence-corrected chi connectivity index (χ2v) is 5.34. The van der Waals surface area contributed by atoms with E-state index in [4.69, 9.17) is 14.6 Å². The zero-order valence-electron chi connectivity index (χ0n) is 12.6. The molecule has 21 heavy (non-hydrogen) atoms. The van der Waals surface area contributed by atoms with Crippen LogP contribution < -0.4 is 0 Å². The predicted molar refractivity (Wildman–Crippen MR) is 76.7 cm³/mol. The molecule has 0 spiro atoms. The molecule has 1 saturated heterocycles. The van der Waals surface area contributed by atoms with Crippen molar-refractivity contribution in [3.05, 3.63) is 0 Å². The van der Waals surface area contributed by atoms with E-state index >= 15 is 0 Å². The minimum Gasteiger partial charge on any atom is -0.412 e. The average molecular weight is 310 g/mol. The highest BCUT2D eigenvalue weighted by Gasteiger charge is 2.43. The monoisotopic (exact) mass is 310 g/mol. The lowest BCUT2D eigenvalue weighted by Gasteiger charge is -2.39. The van der Waals surface area contributed by atoms with Gasteiger partial charge in [0.1, 0.15) is 24.4 Å². The van der Waals surface area contributed by atoms with Gasteiger partial charge in [-0.1, -0.05) is 39.0 Å². The Morgan fingerprint density at radius 1 is 0.905 bits per heavy atom. The van der Waals surface area contributed by atoms with Gasteiger partial charge in [0, 0.05) is 6.61 Å². The summed E-state index contributed by atoms with van der Waals surface area (Å²) in [7, 11) is 0. The highest BCUT2D eigenvalue weighted by molar-refractivity contribution is 4.88. The first-order chi connectivity index (χ1) is 9.61. The van der Waals surface area contributed by atoms with Crippen LogP contribution >= 0.6 is 0 Å². The molecule has 5 atom stereocenters. The highest BCUT2D eigenvalue weighted by Crippen LogP contribution is 2.22. The molecule has 0 bridgehead atoms. The predicted octanol–water partition coefficient (Wildman–Crippen LogP) is -0.661. The molecule has 1 heterocycles. The number of hydrogen-bond acceptors (Lipinski definition) is 6. The number of rotatable bonds is 9. The van der Waals surface area contributed by atoms with Crippen molar-refractivity contribution in [3.8, 4) is 0 Å². The molecular weight excluding hydrogens is 280 g/mol. The van der Waals surface area contributed by atoms with Crippen molar-refractivity contribution in [1.82, 2.24) is 0 Å². The molecule has 1 aliphatic heterocycles. The average Bonchev–Trinajstić information content (AvgIpc) is 2.46. The Bertz CT molecular complexity index is 249. The maximum atomic E-state index is 9.75. The summed E-state index contributed by atoms with van der Waals surface area (Å²) in [6.45, 7) is 2.17. The molecule has 128 valence electrons. The summed E-state index contributed by atoms with van der Waals surface area (Å²) in [5.74, 6) is 0. The molecule has 1 aliphatic rings. The van der Waals surface area contributed by atoms with Crippen LogP contribution in [-0.2, 0) is 9.47 Å². The van der Waals surface area contributed by atoms with Crippen LogP contribution in [0.4, 0.5) is 0 Å². The van der Waals surface area contributed by atoms with E-state index in [0.29, 0.717) is 6.61 Å². The molecule has 7 heteroatoms. The number of hydrogen-bond donors (Lipinski definition) is 4. The molecule has 0 radical (unpaired) electrons. The summed E-state index contributed by atoms with van der Waals surface area (Å²) < 4.78 is 10.6. The molecule has 0 amide bonds. The summed E-state index contributed by atoms with van der Waals surface area (Å²) in [4.78, 5) is 0. The van der Waals surface area contributed by atoms with Crippen molar-refractivity contribution < 1.29 is 35.4 Å². The van der Waals surface area contributed by atoms with Gasteiger partial charge in [0.15, 0.2) is 6.29 Å². The van der Waals surface area contributed by atoms with Crippen LogP contribution in [-0.4, -0.2) is 69.8 Å². The first-order valence-electron chi connectivity index (χ1n) is 7.54. The van der Waals surface area contributed by atoms with E-state index in [2.05, 4.69) is 6.92 Å². The molecule has 6 N–H and O–H groups in total. The second-order valence-electron chi connectivity index (χ2n) is 5.34. The van der Waals surface area contributed by atoms with E-state index in [1.54, 1.807) is 0 Å². The number of aliphatic hydroxyl groups is 4. The maximum Gasteiger partial charge on any atom is 0.186 e. The van der Waals surface area contributed by atoms with Crippen LogP contribution in [0.1, 0.15) is 45.4 Å². The lowest BCUT2D eigenvalue weighted by Crippen LogP contribution is -2.59. The van der Waals surface area contributed by atoms with Crippen LogP contribution in [0, 0.1) is 0 Å². The Morgan fingerprint density at radius 2 is 1.52 bits per heavy atom. The molecule has 0 aromatic heterocycles. The van der Waals surface area contributed by atoms with E-state index < -0.39 is 37.3 Å². The lowest BCUT2D eigenvalue weighted by molar-refractivity contribution is -0.301. The first-order valence-corrected chi connectivity index (χ1v) is 7.54. The fourth-order valence-electron chi connectivity index (χ4n) is 2.29. The molecule has 5 unspecified atom stereocenters. The van der Waals surface area contributed by atoms with Crippen LogP contribution in [0.15, 0.2) is 0 Å². The molecule has 0 aromatic carbocycles. The summed E-state index contributed by atoms with van der Waals surface area (Å²) in [5.41, 5.74) is 0.